The van der Waals surface area contributed by atoms with Crippen LogP contribution in [0, 0.1) is 18.3 Å². The fourth-order valence-corrected chi connectivity index (χ4v) is 1.44. The van der Waals surface area contributed by atoms with Gasteiger partial charge in [-0.1, -0.05) is 0 Å². The molecule has 0 amide bonds. The number of nitriles is 1. The zero-order valence-electron chi connectivity index (χ0n) is 10.1. The molecule has 0 aliphatic rings. The molecule has 1 unspecified atom stereocenters. The molecule has 0 bridgehead atoms. The highest BCUT2D eigenvalue weighted by molar-refractivity contribution is 5.28. The molecular formula is C12H18N4. The van der Waals surface area contributed by atoms with Gasteiger partial charge in [-0.3, -0.25) is 10.3 Å². The number of hydrogen-bond donors (Lipinski definition) is 1. The van der Waals surface area contributed by atoms with Gasteiger partial charge in [-0.25, -0.2) is 0 Å². The van der Waals surface area contributed by atoms with E-state index in [0.717, 1.165) is 24.2 Å². The van der Waals surface area contributed by atoms with Crippen LogP contribution in [0.1, 0.15) is 17.2 Å². The molecule has 16 heavy (non-hydrogen) atoms. The third kappa shape index (κ3) is 3.61. The van der Waals surface area contributed by atoms with Crippen molar-refractivity contribution in [3.63, 3.8) is 0 Å². The Hall–Kier alpha value is -1.44. The molecule has 0 radical (unpaired) electrons. The molecule has 4 nitrogen and oxygen atoms in total. The number of pyridine rings is 1. The summed E-state index contributed by atoms with van der Waals surface area (Å²) in [7, 11) is 4.02. The van der Waals surface area contributed by atoms with E-state index in [9.17, 15) is 0 Å². The number of nitrogens with zero attached hydrogens (tertiary/aromatic N) is 3. The maximum atomic E-state index is 9.12. The lowest BCUT2D eigenvalue weighted by molar-refractivity contribution is 0.395. The van der Waals surface area contributed by atoms with Crippen molar-refractivity contribution < 1.29 is 0 Å². The van der Waals surface area contributed by atoms with Crippen molar-refractivity contribution in [1.29, 1.82) is 5.26 Å². The van der Waals surface area contributed by atoms with Crippen LogP contribution in [0.15, 0.2) is 18.5 Å². The summed E-state index contributed by atoms with van der Waals surface area (Å²) < 4.78 is 0. The van der Waals surface area contributed by atoms with Crippen LogP contribution in [0.3, 0.4) is 0 Å². The van der Waals surface area contributed by atoms with Crippen LogP contribution in [-0.4, -0.2) is 37.1 Å². The first-order valence-electron chi connectivity index (χ1n) is 5.33. The van der Waals surface area contributed by atoms with Gasteiger partial charge in [0, 0.05) is 31.0 Å². The van der Waals surface area contributed by atoms with E-state index >= 15 is 0 Å². The zero-order valence-corrected chi connectivity index (χ0v) is 10.1. The molecule has 1 aromatic heterocycles. The van der Waals surface area contributed by atoms with Crippen LogP contribution in [0.4, 0.5) is 0 Å². The second kappa shape index (κ2) is 6.21. The molecule has 0 spiro atoms. The van der Waals surface area contributed by atoms with Crippen LogP contribution in [-0.2, 0) is 0 Å². The third-order valence-electron chi connectivity index (χ3n) is 2.43. The van der Waals surface area contributed by atoms with E-state index in [0.29, 0.717) is 0 Å². The summed E-state index contributed by atoms with van der Waals surface area (Å²) in [4.78, 5) is 6.14. The fourth-order valence-electron chi connectivity index (χ4n) is 1.44. The first-order valence-corrected chi connectivity index (χ1v) is 5.33. The number of aromatic nitrogens is 1. The molecule has 0 fully saturated rings. The maximum Gasteiger partial charge on any atom is 0.123 e. The summed E-state index contributed by atoms with van der Waals surface area (Å²) in [5, 5.41) is 12.3. The highest BCUT2D eigenvalue weighted by Crippen LogP contribution is 2.14. The molecule has 1 atom stereocenters. The smallest absolute Gasteiger partial charge is 0.123 e. The molecule has 1 rings (SSSR count). The van der Waals surface area contributed by atoms with Gasteiger partial charge in [-0.2, -0.15) is 5.26 Å². The van der Waals surface area contributed by atoms with Crippen molar-refractivity contribution in [3.8, 4) is 6.07 Å². The van der Waals surface area contributed by atoms with Gasteiger partial charge in [-0.15, -0.1) is 0 Å². The fraction of sp³-hybridized carbons (Fsp3) is 0.500. The molecule has 1 N–H and O–H groups in total. The summed E-state index contributed by atoms with van der Waals surface area (Å²) in [5.41, 5.74) is 2.06. The Balaban J connectivity index is 2.62. The summed E-state index contributed by atoms with van der Waals surface area (Å²) in [5.74, 6) is 0. The summed E-state index contributed by atoms with van der Waals surface area (Å²) in [6.45, 7) is 3.70. The van der Waals surface area contributed by atoms with Gasteiger partial charge in [0.25, 0.3) is 0 Å². The first kappa shape index (κ1) is 12.6. The zero-order chi connectivity index (χ0) is 12.0. The Morgan fingerprint density at radius 3 is 2.88 bits per heavy atom. The summed E-state index contributed by atoms with van der Waals surface area (Å²) in [6.07, 6.45) is 3.50. The molecule has 1 aromatic rings. The van der Waals surface area contributed by atoms with E-state index in [1.54, 1.807) is 12.4 Å². The lowest BCUT2D eigenvalue weighted by Crippen LogP contribution is -2.29. The largest absolute Gasteiger partial charge is 0.308 e. The van der Waals surface area contributed by atoms with Crippen LogP contribution < -0.4 is 5.32 Å². The Kier molecular flexibility index (Phi) is 4.90. The average Bonchev–Trinajstić information content (AvgIpc) is 2.25. The monoisotopic (exact) mass is 218 g/mol. The molecular weight excluding hydrogens is 200 g/mol. The Morgan fingerprint density at radius 1 is 1.56 bits per heavy atom. The molecule has 1 heterocycles. The molecule has 0 aliphatic carbocycles. The van der Waals surface area contributed by atoms with E-state index in [1.165, 1.54) is 0 Å². The van der Waals surface area contributed by atoms with Gasteiger partial charge < -0.3 is 4.90 Å². The third-order valence-corrected chi connectivity index (χ3v) is 2.43. The van der Waals surface area contributed by atoms with Gasteiger partial charge in [0.05, 0.1) is 6.07 Å². The minimum Gasteiger partial charge on any atom is -0.308 e. The van der Waals surface area contributed by atoms with Crippen LogP contribution in [0.5, 0.6) is 0 Å². The van der Waals surface area contributed by atoms with E-state index in [2.05, 4.69) is 21.3 Å². The number of aryl methyl sites for hydroxylation is 1. The number of nitrogens with one attached hydrogen (secondary N) is 1. The predicted molar refractivity (Wildman–Crippen MR) is 63.9 cm³/mol. The van der Waals surface area contributed by atoms with Gasteiger partial charge in [0.2, 0.25) is 0 Å². The van der Waals surface area contributed by atoms with Crippen molar-refractivity contribution in [2.45, 2.75) is 13.0 Å². The highest BCUT2D eigenvalue weighted by Gasteiger charge is 2.11. The maximum absolute atomic E-state index is 9.12. The second-order valence-corrected chi connectivity index (χ2v) is 4.05. The highest BCUT2D eigenvalue weighted by atomic mass is 15.1. The molecule has 0 saturated carbocycles. The lowest BCUT2D eigenvalue weighted by Gasteiger charge is -2.15. The predicted octanol–water partition coefficient (Wildman–Crippen LogP) is 1.11. The van der Waals surface area contributed by atoms with E-state index in [1.807, 2.05) is 27.1 Å². The van der Waals surface area contributed by atoms with Crippen molar-refractivity contribution in [1.82, 2.24) is 15.2 Å². The average molecular weight is 218 g/mol. The SMILES string of the molecule is Cc1ccncc1C(C#N)NCCN(C)C. The molecule has 86 valence electrons. The summed E-state index contributed by atoms with van der Waals surface area (Å²) in [6, 6.07) is 3.92. The topological polar surface area (TPSA) is 52.0 Å². The van der Waals surface area contributed by atoms with E-state index in [-0.39, 0.29) is 6.04 Å². The Morgan fingerprint density at radius 2 is 2.31 bits per heavy atom. The lowest BCUT2D eigenvalue weighted by atomic mass is 10.1. The molecule has 0 aromatic carbocycles. The van der Waals surface area contributed by atoms with Crippen LogP contribution in [0.2, 0.25) is 0 Å². The van der Waals surface area contributed by atoms with E-state index < -0.39 is 0 Å². The van der Waals surface area contributed by atoms with Crippen LogP contribution >= 0.6 is 0 Å². The number of likely N-dealkylation sites (N-methyl/N-ethyl adjacent to an activating group) is 1. The molecule has 0 aliphatic heterocycles. The number of hydrogen-bond acceptors (Lipinski definition) is 4. The van der Waals surface area contributed by atoms with Crippen molar-refractivity contribution in [2.24, 2.45) is 0 Å². The molecule has 4 heteroatoms. The minimum absolute atomic E-state index is 0.270. The van der Waals surface area contributed by atoms with Crippen molar-refractivity contribution in [2.75, 3.05) is 27.2 Å². The van der Waals surface area contributed by atoms with E-state index in [4.69, 9.17) is 5.26 Å². The van der Waals surface area contributed by atoms with Crippen molar-refractivity contribution in [3.05, 3.63) is 29.6 Å². The minimum atomic E-state index is -0.270. The Labute approximate surface area is 96.9 Å². The van der Waals surface area contributed by atoms with Crippen LogP contribution in [0.25, 0.3) is 0 Å². The van der Waals surface area contributed by atoms with Gasteiger partial charge in [0.15, 0.2) is 0 Å². The number of rotatable bonds is 5. The van der Waals surface area contributed by atoms with Gasteiger partial charge >= 0.3 is 0 Å². The van der Waals surface area contributed by atoms with Gasteiger partial charge in [0.1, 0.15) is 6.04 Å². The standard InChI is InChI=1S/C12H18N4/c1-10-4-5-14-9-11(10)12(8-13)15-6-7-16(2)3/h4-5,9,12,15H,6-7H2,1-3H3. The van der Waals surface area contributed by atoms with Gasteiger partial charge in [-0.05, 0) is 32.6 Å². The second-order valence-electron chi connectivity index (χ2n) is 4.05. The quantitative estimate of drug-likeness (QED) is 0.804. The molecule has 0 saturated heterocycles. The Bertz CT molecular complexity index is 368. The summed E-state index contributed by atoms with van der Waals surface area (Å²) >= 11 is 0. The normalized spacial score (nSPS) is 12.4. The first-order chi connectivity index (χ1) is 7.65. The van der Waals surface area contributed by atoms with Crippen molar-refractivity contribution >= 4 is 0 Å².